The lowest BCUT2D eigenvalue weighted by Crippen LogP contribution is -2.63. The summed E-state index contributed by atoms with van der Waals surface area (Å²) in [6, 6.07) is 0.549. The Morgan fingerprint density at radius 1 is 1.10 bits per heavy atom. The number of benzene rings is 1. The standard InChI is InChI=1S/C12H7F4NO4/c13-6-2-4(7(14)9(16)8(6)15)1-5-3-17-10(5)20-11(18)12(19)21-17/h2,5,10H,1,3H2. The number of rotatable bonds is 2. The van der Waals surface area contributed by atoms with Crippen molar-refractivity contribution in [2.24, 2.45) is 5.92 Å². The van der Waals surface area contributed by atoms with E-state index in [1.54, 1.807) is 0 Å². The van der Waals surface area contributed by atoms with Crippen LogP contribution in [0.2, 0.25) is 0 Å². The highest BCUT2D eigenvalue weighted by molar-refractivity contribution is 6.30. The molecule has 2 saturated heterocycles. The summed E-state index contributed by atoms with van der Waals surface area (Å²) < 4.78 is 57.3. The van der Waals surface area contributed by atoms with Gasteiger partial charge >= 0.3 is 11.9 Å². The minimum atomic E-state index is -1.90. The summed E-state index contributed by atoms with van der Waals surface area (Å²) in [5.41, 5.74) is -0.385. The van der Waals surface area contributed by atoms with E-state index in [4.69, 9.17) is 4.74 Å². The molecule has 9 heteroatoms. The fraction of sp³-hybridized carbons (Fsp3) is 0.333. The van der Waals surface area contributed by atoms with E-state index in [2.05, 4.69) is 4.84 Å². The second-order valence-corrected chi connectivity index (χ2v) is 4.70. The minimum Gasteiger partial charge on any atom is -0.434 e. The van der Waals surface area contributed by atoms with Crippen LogP contribution in [0.4, 0.5) is 17.6 Å². The molecule has 21 heavy (non-hydrogen) atoms. The number of fused-ring (bicyclic) bond motifs is 1. The van der Waals surface area contributed by atoms with E-state index in [-0.39, 0.29) is 18.5 Å². The molecule has 0 bridgehead atoms. The molecule has 0 aliphatic carbocycles. The molecule has 2 heterocycles. The van der Waals surface area contributed by atoms with Crippen LogP contribution in [0.15, 0.2) is 6.07 Å². The van der Waals surface area contributed by atoms with Gasteiger partial charge in [0.05, 0.1) is 0 Å². The SMILES string of the molecule is O=C1OC2C(Cc3cc(F)c(F)c(F)c3F)CN2OC1=O. The largest absolute Gasteiger partial charge is 0.436 e. The van der Waals surface area contributed by atoms with Gasteiger partial charge in [-0.05, 0) is 18.1 Å². The quantitative estimate of drug-likeness (QED) is 0.269. The first-order valence-electron chi connectivity index (χ1n) is 5.90. The molecule has 1 aromatic carbocycles. The highest BCUT2D eigenvalue weighted by Gasteiger charge is 2.50. The van der Waals surface area contributed by atoms with Gasteiger partial charge < -0.3 is 9.57 Å². The van der Waals surface area contributed by atoms with Gasteiger partial charge in [-0.15, -0.1) is 0 Å². The predicted octanol–water partition coefficient (Wildman–Crippen LogP) is 1.06. The maximum absolute atomic E-state index is 13.5. The molecule has 0 N–H and O–H groups in total. The second-order valence-electron chi connectivity index (χ2n) is 4.70. The van der Waals surface area contributed by atoms with Crippen LogP contribution in [0.3, 0.4) is 0 Å². The monoisotopic (exact) mass is 305 g/mol. The highest BCUT2D eigenvalue weighted by Crippen LogP contribution is 2.33. The van der Waals surface area contributed by atoms with Gasteiger partial charge in [0.15, 0.2) is 29.5 Å². The third-order valence-electron chi connectivity index (χ3n) is 3.36. The molecule has 2 unspecified atom stereocenters. The molecular formula is C12H7F4NO4. The zero-order valence-electron chi connectivity index (χ0n) is 10.2. The van der Waals surface area contributed by atoms with Crippen LogP contribution in [0.25, 0.3) is 0 Å². The van der Waals surface area contributed by atoms with Crippen LogP contribution >= 0.6 is 0 Å². The number of hydroxylamine groups is 2. The summed E-state index contributed by atoms with van der Waals surface area (Å²) in [5.74, 6) is -9.68. The fourth-order valence-corrected chi connectivity index (χ4v) is 2.29. The van der Waals surface area contributed by atoms with E-state index in [9.17, 15) is 27.2 Å². The fourth-order valence-electron chi connectivity index (χ4n) is 2.29. The Balaban J connectivity index is 1.77. The van der Waals surface area contributed by atoms with Crippen molar-refractivity contribution in [1.82, 2.24) is 5.06 Å². The molecule has 0 radical (unpaired) electrons. The summed E-state index contributed by atoms with van der Waals surface area (Å²) >= 11 is 0. The molecule has 0 aromatic heterocycles. The normalized spacial score (nSPS) is 25.0. The summed E-state index contributed by atoms with van der Waals surface area (Å²) in [4.78, 5) is 26.5. The number of halogens is 4. The van der Waals surface area contributed by atoms with Gasteiger partial charge in [-0.2, -0.15) is 0 Å². The maximum atomic E-state index is 13.5. The molecule has 2 aliphatic heterocycles. The lowest BCUT2D eigenvalue weighted by molar-refractivity contribution is -0.322. The maximum Gasteiger partial charge on any atom is 0.436 e. The van der Waals surface area contributed by atoms with E-state index >= 15 is 0 Å². The Kier molecular flexibility index (Phi) is 3.08. The molecule has 1 aromatic rings. The predicted molar refractivity (Wildman–Crippen MR) is 56.1 cm³/mol. The topological polar surface area (TPSA) is 55.8 Å². The van der Waals surface area contributed by atoms with Crippen molar-refractivity contribution in [2.75, 3.05) is 6.54 Å². The molecule has 2 fully saturated rings. The number of ether oxygens (including phenoxy) is 1. The Morgan fingerprint density at radius 3 is 2.52 bits per heavy atom. The van der Waals surface area contributed by atoms with Crippen LogP contribution in [0.1, 0.15) is 5.56 Å². The Labute approximate surface area is 115 Å². The first-order valence-corrected chi connectivity index (χ1v) is 5.90. The van der Waals surface area contributed by atoms with Crippen molar-refractivity contribution in [2.45, 2.75) is 12.6 Å². The van der Waals surface area contributed by atoms with Crippen LogP contribution in [0, 0.1) is 29.2 Å². The molecule has 5 nitrogen and oxygen atoms in total. The number of carbonyl (C=O) groups excluding carboxylic acids is 2. The molecule has 0 amide bonds. The number of nitrogens with zero attached hydrogens (tertiary/aromatic N) is 1. The van der Waals surface area contributed by atoms with Gasteiger partial charge in [-0.25, -0.2) is 27.2 Å². The van der Waals surface area contributed by atoms with Crippen molar-refractivity contribution < 1.29 is 36.7 Å². The molecular weight excluding hydrogens is 298 g/mol. The second kappa shape index (κ2) is 4.69. The van der Waals surface area contributed by atoms with Crippen molar-refractivity contribution in [1.29, 1.82) is 0 Å². The van der Waals surface area contributed by atoms with Crippen LogP contribution in [-0.4, -0.2) is 29.8 Å². The smallest absolute Gasteiger partial charge is 0.434 e. The summed E-state index contributed by atoms with van der Waals surface area (Å²) in [6.07, 6.45) is -1.14. The van der Waals surface area contributed by atoms with Gasteiger partial charge in [0.1, 0.15) is 0 Å². The summed E-state index contributed by atoms with van der Waals surface area (Å²) in [7, 11) is 0. The summed E-state index contributed by atoms with van der Waals surface area (Å²) in [5, 5.41) is 1.06. The van der Waals surface area contributed by atoms with E-state index in [1.165, 1.54) is 0 Å². The molecule has 0 saturated carbocycles. The van der Waals surface area contributed by atoms with Crippen LogP contribution in [0.5, 0.6) is 0 Å². The van der Waals surface area contributed by atoms with Gasteiger partial charge in [-0.3, -0.25) is 0 Å². The van der Waals surface area contributed by atoms with Gasteiger partial charge in [0, 0.05) is 12.5 Å². The van der Waals surface area contributed by atoms with Crippen molar-refractivity contribution >= 4 is 11.9 Å². The zero-order chi connectivity index (χ0) is 15.3. The molecule has 0 spiro atoms. The number of hydrogen-bond acceptors (Lipinski definition) is 5. The minimum absolute atomic E-state index is 0.101. The van der Waals surface area contributed by atoms with Crippen molar-refractivity contribution in [3.63, 3.8) is 0 Å². The summed E-state index contributed by atoms with van der Waals surface area (Å²) in [6.45, 7) is 0.101. The Morgan fingerprint density at radius 2 is 1.81 bits per heavy atom. The highest BCUT2D eigenvalue weighted by atomic mass is 19.2. The number of esters is 1. The van der Waals surface area contributed by atoms with E-state index < -0.39 is 47.4 Å². The lowest BCUT2D eigenvalue weighted by atomic mass is 9.91. The van der Waals surface area contributed by atoms with Crippen molar-refractivity contribution in [3.8, 4) is 0 Å². The Hall–Kier alpha value is -2.16. The lowest BCUT2D eigenvalue weighted by Gasteiger charge is -2.46. The molecule has 2 aliphatic rings. The van der Waals surface area contributed by atoms with E-state index in [1.807, 2.05) is 0 Å². The van der Waals surface area contributed by atoms with Crippen LogP contribution in [-0.2, 0) is 25.6 Å². The van der Waals surface area contributed by atoms with E-state index in [0.29, 0.717) is 6.07 Å². The van der Waals surface area contributed by atoms with Crippen LogP contribution < -0.4 is 0 Å². The number of carbonyl (C=O) groups is 2. The first-order chi connectivity index (χ1) is 9.88. The first kappa shape index (κ1) is 13.8. The molecule has 2 atom stereocenters. The van der Waals surface area contributed by atoms with Gasteiger partial charge in [0.2, 0.25) is 0 Å². The molecule has 3 rings (SSSR count). The Bertz CT molecular complexity index is 651. The zero-order valence-corrected chi connectivity index (χ0v) is 10.2. The molecule has 112 valence electrons. The van der Waals surface area contributed by atoms with Gasteiger partial charge in [0.25, 0.3) is 0 Å². The third kappa shape index (κ3) is 2.13. The van der Waals surface area contributed by atoms with E-state index in [0.717, 1.165) is 5.06 Å². The average molecular weight is 305 g/mol. The third-order valence-corrected chi connectivity index (χ3v) is 3.36. The number of hydrogen-bond donors (Lipinski definition) is 0. The van der Waals surface area contributed by atoms with Gasteiger partial charge in [-0.1, -0.05) is 5.06 Å². The van der Waals surface area contributed by atoms with Crippen molar-refractivity contribution in [3.05, 3.63) is 34.9 Å². The average Bonchev–Trinajstić information content (AvgIpc) is 2.44.